The van der Waals surface area contributed by atoms with E-state index in [4.69, 9.17) is 0 Å². The predicted molar refractivity (Wildman–Crippen MR) is 82.3 cm³/mol. The molecule has 0 fully saturated rings. The molecule has 0 radical (unpaired) electrons. The summed E-state index contributed by atoms with van der Waals surface area (Å²) < 4.78 is 0. The Morgan fingerprint density at radius 3 is 2.57 bits per heavy atom. The fraction of sp³-hybridized carbons (Fsp3) is 0.278. The minimum absolute atomic E-state index is 0.0483. The van der Waals surface area contributed by atoms with E-state index in [1.165, 1.54) is 0 Å². The summed E-state index contributed by atoms with van der Waals surface area (Å²) in [6, 6.07) is 16.7. The summed E-state index contributed by atoms with van der Waals surface area (Å²) >= 11 is 0. The van der Waals surface area contributed by atoms with Gasteiger partial charge in [-0.05, 0) is 18.1 Å². The van der Waals surface area contributed by atoms with Crippen molar-refractivity contribution in [3.63, 3.8) is 0 Å². The third kappa shape index (κ3) is 2.75. The molecule has 0 aliphatic heterocycles. The van der Waals surface area contributed by atoms with Crippen LogP contribution in [0.2, 0.25) is 0 Å². The van der Waals surface area contributed by atoms with Gasteiger partial charge in [-0.2, -0.15) is 0 Å². The Morgan fingerprint density at radius 1 is 1.14 bits per heavy atom. The van der Waals surface area contributed by atoms with Gasteiger partial charge in [0.25, 0.3) is 0 Å². The number of carbonyl (C=O) groups is 1. The number of Topliss-reactive ketones (excluding diaryl/α,β-unsaturated/α-hetero) is 1. The van der Waals surface area contributed by atoms with Crippen molar-refractivity contribution < 1.29 is 9.90 Å². The number of benzene rings is 2. The molecule has 0 saturated carbocycles. The average molecular weight is 281 g/mol. The molecule has 2 aromatic carbocycles. The first-order chi connectivity index (χ1) is 10.2. The molecule has 2 N–H and O–H groups in total. The molecular weight excluding hydrogens is 262 g/mol. The highest BCUT2D eigenvalue weighted by atomic mass is 16.3. The minimum atomic E-state index is -0.478. The van der Waals surface area contributed by atoms with Gasteiger partial charge in [0.05, 0.1) is 18.2 Å². The smallest absolute Gasteiger partial charge is 0.179 e. The summed E-state index contributed by atoms with van der Waals surface area (Å²) in [5.41, 5.74) is 2.94. The van der Waals surface area contributed by atoms with Crippen LogP contribution >= 0.6 is 0 Å². The zero-order chi connectivity index (χ0) is 14.8. The first-order valence-corrected chi connectivity index (χ1v) is 7.28. The number of aliphatic hydroxyl groups is 1. The number of nitrogens with one attached hydrogen (secondary N) is 1. The molecule has 0 saturated heterocycles. The van der Waals surface area contributed by atoms with Crippen LogP contribution in [0.1, 0.15) is 34.5 Å². The predicted octanol–water partition coefficient (Wildman–Crippen LogP) is 2.51. The van der Waals surface area contributed by atoms with Gasteiger partial charge in [-0.1, -0.05) is 54.6 Å². The third-order valence-corrected chi connectivity index (χ3v) is 4.09. The normalized spacial score (nSPS) is 21.8. The highest BCUT2D eigenvalue weighted by molar-refractivity contribution is 5.99. The molecule has 3 atom stereocenters. The van der Waals surface area contributed by atoms with Crippen molar-refractivity contribution in [2.75, 3.05) is 0 Å². The number of ketones is 1. The Hall–Kier alpha value is -1.97. The quantitative estimate of drug-likeness (QED) is 0.847. The van der Waals surface area contributed by atoms with Crippen molar-refractivity contribution in [2.24, 2.45) is 0 Å². The Labute approximate surface area is 124 Å². The van der Waals surface area contributed by atoms with Gasteiger partial charge in [-0.15, -0.1) is 0 Å². The van der Waals surface area contributed by atoms with Crippen LogP contribution in [0.15, 0.2) is 54.6 Å². The van der Waals surface area contributed by atoms with Crippen molar-refractivity contribution in [3.05, 3.63) is 71.3 Å². The van der Waals surface area contributed by atoms with Crippen LogP contribution < -0.4 is 5.32 Å². The Morgan fingerprint density at radius 2 is 1.81 bits per heavy atom. The standard InChI is InChI=1S/C18H19NO2/c1-12(18(21)13-7-3-2-4-8-13)19-17-15-10-6-5-9-14(15)11-16(17)20/h2-10,12,16-17,19-20H,11H2,1H3/t12?,16-,17-/m1/s1. The molecule has 3 nitrogen and oxygen atoms in total. The van der Waals surface area contributed by atoms with Gasteiger partial charge in [0.15, 0.2) is 5.78 Å². The number of hydrogen-bond acceptors (Lipinski definition) is 3. The van der Waals surface area contributed by atoms with Crippen LogP contribution in [0.25, 0.3) is 0 Å². The second kappa shape index (κ2) is 5.80. The Kier molecular flexibility index (Phi) is 3.86. The van der Waals surface area contributed by atoms with Gasteiger partial charge in [0.2, 0.25) is 0 Å². The lowest BCUT2D eigenvalue weighted by molar-refractivity contribution is 0.0908. The minimum Gasteiger partial charge on any atom is -0.391 e. The molecule has 2 aromatic rings. The second-order valence-corrected chi connectivity index (χ2v) is 5.57. The van der Waals surface area contributed by atoms with Crippen molar-refractivity contribution in [3.8, 4) is 0 Å². The molecule has 1 aliphatic carbocycles. The van der Waals surface area contributed by atoms with E-state index < -0.39 is 6.10 Å². The maximum atomic E-state index is 12.4. The molecule has 0 amide bonds. The third-order valence-electron chi connectivity index (χ3n) is 4.09. The van der Waals surface area contributed by atoms with Crippen LogP contribution in [0.3, 0.4) is 0 Å². The molecule has 0 aromatic heterocycles. The summed E-state index contributed by atoms with van der Waals surface area (Å²) in [5, 5.41) is 13.5. The van der Waals surface area contributed by atoms with Crippen LogP contribution in [-0.4, -0.2) is 23.0 Å². The number of aliphatic hydroxyl groups excluding tert-OH is 1. The summed E-state index contributed by atoms with van der Waals surface area (Å²) in [5.74, 6) is 0.0483. The molecule has 21 heavy (non-hydrogen) atoms. The molecule has 3 rings (SSSR count). The number of rotatable bonds is 4. The summed E-state index contributed by atoms with van der Waals surface area (Å²) in [7, 11) is 0. The molecule has 0 spiro atoms. The molecular formula is C18H19NO2. The first kappa shape index (κ1) is 14.0. The molecule has 1 unspecified atom stereocenters. The molecule has 0 heterocycles. The Bertz CT molecular complexity index is 639. The lowest BCUT2D eigenvalue weighted by Crippen LogP contribution is -2.40. The van der Waals surface area contributed by atoms with Crippen LogP contribution in [-0.2, 0) is 6.42 Å². The SMILES string of the molecule is CC(N[C@@H]1c2ccccc2C[C@H]1O)C(=O)c1ccccc1. The van der Waals surface area contributed by atoms with Gasteiger partial charge in [0.1, 0.15) is 0 Å². The van der Waals surface area contributed by atoms with Gasteiger partial charge in [0, 0.05) is 12.0 Å². The van der Waals surface area contributed by atoms with Gasteiger partial charge in [-0.3, -0.25) is 10.1 Å². The van der Waals surface area contributed by atoms with Crippen molar-refractivity contribution in [1.82, 2.24) is 5.32 Å². The summed E-state index contributed by atoms with van der Waals surface area (Å²) in [6.45, 7) is 1.85. The number of hydrogen-bond donors (Lipinski definition) is 2. The van der Waals surface area contributed by atoms with E-state index in [0.717, 1.165) is 11.1 Å². The van der Waals surface area contributed by atoms with E-state index in [9.17, 15) is 9.90 Å². The van der Waals surface area contributed by atoms with Crippen molar-refractivity contribution in [1.29, 1.82) is 0 Å². The van der Waals surface area contributed by atoms with Crippen molar-refractivity contribution in [2.45, 2.75) is 31.5 Å². The molecule has 1 aliphatic rings. The summed E-state index contributed by atoms with van der Waals surface area (Å²) in [4.78, 5) is 12.4. The number of carbonyl (C=O) groups excluding carboxylic acids is 1. The highest BCUT2D eigenvalue weighted by Crippen LogP contribution is 2.31. The maximum Gasteiger partial charge on any atom is 0.179 e. The second-order valence-electron chi connectivity index (χ2n) is 5.57. The fourth-order valence-electron chi connectivity index (χ4n) is 2.97. The zero-order valence-electron chi connectivity index (χ0n) is 12.0. The van der Waals surface area contributed by atoms with E-state index in [2.05, 4.69) is 5.32 Å². The van der Waals surface area contributed by atoms with Crippen LogP contribution in [0.4, 0.5) is 0 Å². The molecule has 3 heteroatoms. The van der Waals surface area contributed by atoms with Crippen LogP contribution in [0, 0.1) is 0 Å². The lowest BCUT2D eigenvalue weighted by atomic mass is 10.0. The van der Waals surface area contributed by atoms with Crippen LogP contribution in [0.5, 0.6) is 0 Å². The topological polar surface area (TPSA) is 49.3 Å². The monoisotopic (exact) mass is 281 g/mol. The van der Waals surface area contributed by atoms with Gasteiger partial charge < -0.3 is 5.11 Å². The molecule has 0 bridgehead atoms. The lowest BCUT2D eigenvalue weighted by Gasteiger charge is -2.22. The van der Waals surface area contributed by atoms with Crippen molar-refractivity contribution >= 4 is 5.78 Å². The largest absolute Gasteiger partial charge is 0.391 e. The molecule has 108 valence electrons. The van der Waals surface area contributed by atoms with E-state index >= 15 is 0 Å². The van der Waals surface area contributed by atoms with E-state index in [1.807, 2.05) is 61.5 Å². The van der Waals surface area contributed by atoms with Gasteiger partial charge >= 0.3 is 0 Å². The summed E-state index contributed by atoms with van der Waals surface area (Å²) in [6.07, 6.45) is 0.161. The van der Waals surface area contributed by atoms with Gasteiger partial charge in [-0.25, -0.2) is 0 Å². The van der Waals surface area contributed by atoms with E-state index in [1.54, 1.807) is 0 Å². The first-order valence-electron chi connectivity index (χ1n) is 7.28. The number of fused-ring (bicyclic) bond motifs is 1. The Balaban J connectivity index is 1.76. The maximum absolute atomic E-state index is 12.4. The average Bonchev–Trinajstić information content (AvgIpc) is 2.83. The van der Waals surface area contributed by atoms with E-state index in [0.29, 0.717) is 12.0 Å². The highest BCUT2D eigenvalue weighted by Gasteiger charge is 2.32. The fourth-order valence-corrected chi connectivity index (χ4v) is 2.97. The van der Waals surface area contributed by atoms with E-state index in [-0.39, 0.29) is 17.9 Å². The zero-order valence-corrected chi connectivity index (χ0v) is 12.0.